The zero-order valence-electron chi connectivity index (χ0n) is 19.3. The summed E-state index contributed by atoms with van der Waals surface area (Å²) in [7, 11) is 0. The van der Waals surface area contributed by atoms with Gasteiger partial charge >= 0.3 is 5.97 Å². The van der Waals surface area contributed by atoms with Gasteiger partial charge in [0.15, 0.2) is 12.4 Å². The molecule has 8 heteroatoms. The zero-order chi connectivity index (χ0) is 24.9. The Labute approximate surface area is 201 Å². The van der Waals surface area contributed by atoms with Crippen LogP contribution in [0.25, 0.3) is 0 Å². The molecule has 1 aliphatic heterocycles. The molecule has 2 aliphatic carbocycles. The van der Waals surface area contributed by atoms with E-state index < -0.39 is 18.5 Å². The molecular weight excluding hydrogens is 448 g/mol. The van der Waals surface area contributed by atoms with Gasteiger partial charge in [0.25, 0.3) is 5.91 Å². The van der Waals surface area contributed by atoms with Crippen molar-refractivity contribution >= 4 is 40.8 Å². The number of Topliss-reactive ketones (excluding diaryl/α,β-unsaturated/α-hetero) is 1. The lowest BCUT2D eigenvalue weighted by Gasteiger charge is -2.19. The lowest BCUT2D eigenvalue weighted by Crippen LogP contribution is -2.33. The molecule has 0 spiro atoms. The highest BCUT2D eigenvalue weighted by Gasteiger charge is 2.60. The molecule has 0 aromatic heterocycles. The van der Waals surface area contributed by atoms with Crippen molar-refractivity contribution in [3.8, 4) is 0 Å². The van der Waals surface area contributed by atoms with Crippen LogP contribution in [0.2, 0.25) is 0 Å². The first-order valence-electron chi connectivity index (χ1n) is 11.5. The summed E-state index contributed by atoms with van der Waals surface area (Å²) >= 11 is 0. The average molecular weight is 472 g/mol. The molecule has 1 N–H and O–H groups in total. The fourth-order valence-corrected chi connectivity index (χ4v) is 5.50. The van der Waals surface area contributed by atoms with Gasteiger partial charge < -0.3 is 10.1 Å². The summed E-state index contributed by atoms with van der Waals surface area (Å²) in [5, 5.41) is 2.59. The van der Waals surface area contributed by atoms with Crippen molar-refractivity contribution in [3.63, 3.8) is 0 Å². The summed E-state index contributed by atoms with van der Waals surface area (Å²) in [6.07, 6.45) is 2.96. The Morgan fingerprint density at radius 2 is 1.71 bits per heavy atom. The van der Waals surface area contributed by atoms with Gasteiger partial charge in [0, 0.05) is 11.3 Å². The predicted octanol–water partition coefficient (Wildman–Crippen LogP) is 3.39. The van der Waals surface area contributed by atoms with Gasteiger partial charge in [-0.05, 0) is 74.6 Å². The van der Waals surface area contributed by atoms with Crippen LogP contribution in [0.15, 0.2) is 60.2 Å². The molecule has 2 aromatic carbocycles. The maximum absolute atomic E-state index is 13.2. The van der Waals surface area contributed by atoms with Gasteiger partial charge in [0.05, 0.1) is 23.1 Å². The van der Waals surface area contributed by atoms with Crippen LogP contribution in [-0.2, 0) is 19.1 Å². The van der Waals surface area contributed by atoms with Crippen LogP contribution in [0.3, 0.4) is 0 Å². The normalized spacial score (nSPS) is 24.3. The third kappa shape index (κ3) is 3.95. The number of carbonyl (C=O) groups is 5. The van der Waals surface area contributed by atoms with Crippen LogP contribution in [-0.4, -0.2) is 36.1 Å². The van der Waals surface area contributed by atoms with E-state index in [2.05, 4.69) is 11.4 Å². The monoisotopic (exact) mass is 472 g/mol. The summed E-state index contributed by atoms with van der Waals surface area (Å²) in [4.78, 5) is 63.5. The Morgan fingerprint density at radius 3 is 2.43 bits per heavy atom. The topological polar surface area (TPSA) is 110 Å². The number of nitrogens with zero attached hydrogens (tertiary/aromatic N) is 1. The second-order valence-corrected chi connectivity index (χ2v) is 9.29. The van der Waals surface area contributed by atoms with E-state index in [0.29, 0.717) is 16.9 Å². The first-order valence-corrected chi connectivity index (χ1v) is 11.5. The van der Waals surface area contributed by atoms with Crippen LogP contribution in [0.1, 0.15) is 41.0 Å². The summed E-state index contributed by atoms with van der Waals surface area (Å²) in [5.74, 6) is -2.28. The van der Waals surface area contributed by atoms with Gasteiger partial charge in [-0.25, -0.2) is 9.69 Å². The van der Waals surface area contributed by atoms with Crippen LogP contribution < -0.4 is 10.2 Å². The zero-order valence-corrected chi connectivity index (χ0v) is 19.3. The number of benzene rings is 2. The quantitative estimate of drug-likeness (QED) is 0.299. The SMILES string of the molecule is CC(=O)c1ccc(NC(=O)COC(=O)c2cccc(N3C(=O)[C@@H]4[C@H](C3=O)[C@H]3C=C(C)[C@H]4C3)c2)cc1. The number of ether oxygens (including phenoxy) is 1. The largest absolute Gasteiger partial charge is 0.452 e. The van der Waals surface area contributed by atoms with Crippen molar-refractivity contribution in [3.05, 3.63) is 71.3 Å². The van der Waals surface area contributed by atoms with Gasteiger partial charge in [0.1, 0.15) is 0 Å². The van der Waals surface area contributed by atoms with Crippen molar-refractivity contribution in [1.29, 1.82) is 0 Å². The highest BCUT2D eigenvalue weighted by Crippen LogP contribution is 2.55. The van der Waals surface area contributed by atoms with Crippen molar-refractivity contribution in [1.82, 2.24) is 0 Å². The maximum Gasteiger partial charge on any atom is 0.338 e. The Kier molecular flexibility index (Phi) is 5.59. The van der Waals surface area contributed by atoms with E-state index in [1.165, 1.54) is 29.5 Å². The fraction of sp³-hybridized carbons (Fsp3) is 0.296. The Hall–Kier alpha value is -4.07. The molecule has 1 heterocycles. The van der Waals surface area contributed by atoms with E-state index in [-0.39, 0.29) is 46.8 Å². The molecule has 0 unspecified atom stereocenters. The molecule has 2 aromatic rings. The Balaban J connectivity index is 1.23. The van der Waals surface area contributed by atoms with Crippen LogP contribution in [0, 0.1) is 23.7 Å². The van der Waals surface area contributed by atoms with Crippen LogP contribution >= 0.6 is 0 Å². The minimum atomic E-state index is -0.745. The molecule has 1 saturated carbocycles. The first kappa shape index (κ1) is 22.7. The number of rotatable bonds is 6. The standard InChI is InChI=1S/C27H24N2O6/c1-14-10-18-12-21(14)24-23(18)25(32)29(26(24)33)20-5-3-4-17(11-20)27(34)35-13-22(31)28-19-8-6-16(7-9-19)15(2)30/h3-11,18,21,23-24H,12-13H2,1-2H3,(H,28,31)/t18-,21+,23+,24-/m0/s1. The first-order chi connectivity index (χ1) is 16.7. The van der Waals surface area contributed by atoms with E-state index in [1.54, 1.807) is 36.4 Å². The number of carbonyl (C=O) groups excluding carboxylic acids is 5. The third-order valence-corrected chi connectivity index (χ3v) is 7.13. The summed E-state index contributed by atoms with van der Waals surface area (Å²) in [6, 6.07) is 12.5. The van der Waals surface area contributed by atoms with E-state index in [0.717, 1.165) is 6.42 Å². The second kappa shape index (κ2) is 8.61. The minimum Gasteiger partial charge on any atom is -0.452 e. The molecular formula is C27H24N2O6. The van der Waals surface area contributed by atoms with E-state index in [1.807, 2.05) is 6.92 Å². The number of anilines is 2. The van der Waals surface area contributed by atoms with E-state index in [9.17, 15) is 24.0 Å². The highest BCUT2D eigenvalue weighted by molar-refractivity contribution is 6.23. The lowest BCUT2D eigenvalue weighted by molar-refractivity contribution is -0.123. The van der Waals surface area contributed by atoms with Gasteiger partial charge in [-0.15, -0.1) is 0 Å². The van der Waals surface area contributed by atoms with Crippen molar-refractivity contribution < 1.29 is 28.7 Å². The minimum absolute atomic E-state index is 0.0845. The molecule has 3 aliphatic rings. The molecule has 4 atom stereocenters. The molecule has 1 saturated heterocycles. The fourth-order valence-electron chi connectivity index (χ4n) is 5.50. The van der Waals surface area contributed by atoms with Gasteiger partial charge in [-0.1, -0.05) is 17.7 Å². The number of hydrogen-bond acceptors (Lipinski definition) is 6. The molecule has 3 amide bonds. The molecule has 5 rings (SSSR count). The van der Waals surface area contributed by atoms with Crippen molar-refractivity contribution in [2.75, 3.05) is 16.8 Å². The number of amides is 3. The second-order valence-electron chi connectivity index (χ2n) is 9.29. The van der Waals surface area contributed by atoms with Gasteiger partial charge in [-0.2, -0.15) is 0 Å². The third-order valence-electron chi connectivity index (χ3n) is 7.13. The number of nitrogens with one attached hydrogen (secondary N) is 1. The smallest absolute Gasteiger partial charge is 0.338 e. The Morgan fingerprint density at radius 1 is 1.00 bits per heavy atom. The molecule has 0 radical (unpaired) electrons. The lowest BCUT2D eigenvalue weighted by atomic mass is 9.82. The number of ketones is 1. The average Bonchev–Trinajstić information content (AvgIpc) is 3.48. The summed E-state index contributed by atoms with van der Waals surface area (Å²) in [6.45, 7) is 2.94. The number of esters is 1. The van der Waals surface area contributed by atoms with Gasteiger partial charge in [-0.3, -0.25) is 19.2 Å². The van der Waals surface area contributed by atoms with Crippen LogP contribution in [0.4, 0.5) is 11.4 Å². The molecule has 178 valence electrons. The van der Waals surface area contributed by atoms with E-state index >= 15 is 0 Å². The number of imide groups is 1. The molecule has 2 bridgehead atoms. The van der Waals surface area contributed by atoms with Crippen molar-refractivity contribution in [2.24, 2.45) is 23.7 Å². The number of allylic oxidation sites excluding steroid dienone is 2. The molecule has 35 heavy (non-hydrogen) atoms. The summed E-state index contributed by atoms with van der Waals surface area (Å²) < 4.78 is 5.13. The van der Waals surface area contributed by atoms with E-state index in [4.69, 9.17) is 4.74 Å². The Bertz CT molecular complexity index is 1300. The summed E-state index contributed by atoms with van der Waals surface area (Å²) in [5.41, 5.74) is 2.62. The highest BCUT2D eigenvalue weighted by atomic mass is 16.5. The number of hydrogen-bond donors (Lipinski definition) is 1. The molecule has 8 nitrogen and oxygen atoms in total. The number of fused-ring (bicyclic) bond motifs is 5. The maximum atomic E-state index is 13.2. The molecule has 2 fully saturated rings. The van der Waals surface area contributed by atoms with Gasteiger partial charge in [0.2, 0.25) is 11.8 Å². The van der Waals surface area contributed by atoms with Crippen molar-refractivity contribution in [2.45, 2.75) is 20.3 Å². The van der Waals surface area contributed by atoms with Crippen LogP contribution in [0.5, 0.6) is 0 Å². The predicted molar refractivity (Wildman–Crippen MR) is 127 cm³/mol.